The summed E-state index contributed by atoms with van der Waals surface area (Å²) in [4.78, 5) is 4.80. The molecule has 0 radical (unpaired) electrons. The van der Waals surface area contributed by atoms with Crippen molar-refractivity contribution in [1.82, 2.24) is 5.48 Å². The van der Waals surface area contributed by atoms with Gasteiger partial charge in [-0.3, -0.25) is 4.84 Å². The van der Waals surface area contributed by atoms with E-state index in [1.54, 1.807) is 12.2 Å². The second-order valence-electron chi connectivity index (χ2n) is 1.55. The Morgan fingerprint density at radius 3 is 2.50 bits per heavy atom. The smallest absolute Gasteiger partial charge is 0.119 e. The van der Waals surface area contributed by atoms with Gasteiger partial charge in [0.05, 0.1) is 13.2 Å². The third kappa shape index (κ3) is 7.36. The van der Waals surface area contributed by atoms with Gasteiger partial charge in [-0.2, -0.15) is 5.48 Å². The van der Waals surface area contributed by atoms with Gasteiger partial charge in [-0.25, -0.2) is 0 Å². The van der Waals surface area contributed by atoms with E-state index in [4.69, 9.17) is 9.57 Å². The van der Waals surface area contributed by atoms with Gasteiger partial charge in [-0.15, -0.1) is 13.2 Å². The maximum Gasteiger partial charge on any atom is 0.119 e. The molecule has 0 aromatic rings. The fraction of sp³-hybridized carbons (Fsp3) is 0.429. The average Bonchev–Trinajstić information content (AvgIpc) is 1.97. The highest BCUT2D eigenvalue weighted by atomic mass is 16.7. The molecule has 0 spiro atoms. The number of hydrogen-bond acceptors (Lipinski definition) is 3. The Morgan fingerprint density at radius 2 is 1.90 bits per heavy atom. The summed E-state index contributed by atoms with van der Waals surface area (Å²) >= 11 is 0. The molecule has 0 aliphatic rings. The lowest BCUT2D eigenvalue weighted by Gasteiger charge is -2.01. The lowest BCUT2D eigenvalue weighted by atomic mass is 10.7. The van der Waals surface area contributed by atoms with Crippen molar-refractivity contribution in [1.29, 1.82) is 0 Å². The zero-order chi connectivity index (χ0) is 7.66. The van der Waals surface area contributed by atoms with Gasteiger partial charge < -0.3 is 4.74 Å². The molecule has 0 aliphatic carbocycles. The Morgan fingerprint density at radius 1 is 1.20 bits per heavy atom. The molecule has 1 N–H and O–H groups in total. The van der Waals surface area contributed by atoms with Crippen LogP contribution in [-0.2, 0) is 9.57 Å². The van der Waals surface area contributed by atoms with Crippen molar-refractivity contribution >= 4 is 0 Å². The maximum atomic E-state index is 4.94. The van der Waals surface area contributed by atoms with E-state index in [-0.39, 0.29) is 0 Å². The van der Waals surface area contributed by atoms with Gasteiger partial charge in [0.15, 0.2) is 0 Å². The van der Waals surface area contributed by atoms with Crippen LogP contribution in [0.1, 0.15) is 0 Å². The second-order valence-corrected chi connectivity index (χ2v) is 1.55. The second kappa shape index (κ2) is 8.36. The fourth-order valence-electron chi connectivity index (χ4n) is 0.343. The lowest BCUT2D eigenvalue weighted by molar-refractivity contribution is -0.0146. The first-order valence-electron chi connectivity index (χ1n) is 3.06. The molecular formula is C7H13NO2. The lowest BCUT2D eigenvalue weighted by Crippen LogP contribution is -2.18. The summed E-state index contributed by atoms with van der Waals surface area (Å²) in [6.45, 7) is 8.35. The molecule has 10 heavy (non-hydrogen) atoms. The Labute approximate surface area is 61.3 Å². The Hall–Kier alpha value is -0.640. The molecular weight excluding hydrogens is 130 g/mol. The highest BCUT2D eigenvalue weighted by molar-refractivity contribution is 4.63. The predicted molar refractivity (Wildman–Crippen MR) is 40.3 cm³/mol. The maximum absolute atomic E-state index is 4.94. The summed E-state index contributed by atoms with van der Waals surface area (Å²) in [5, 5.41) is 0. The average molecular weight is 143 g/mol. The van der Waals surface area contributed by atoms with Crippen LogP contribution in [0.15, 0.2) is 25.3 Å². The minimum Gasteiger partial charge on any atom is -0.360 e. The summed E-state index contributed by atoms with van der Waals surface area (Å²) in [6, 6.07) is 0. The number of ether oxygens (including phenoxy) is 1. The van der Waals surface area contributed by atoms with Crippen LogP contribution in [0.5, 0.6) is 0 Å². The molecule has 0 aromatic heterocycles. The highest BCUT2D eigenvalue weighted by Crippen LogP contribution is 1.72. The molecule has 0 aromatic carbocycles. The van der Waals surface area contributed by atoms with Gasteiger partial charge in [-0.05, 0) is 0 Å². The number of hydroxylamine groups is 1. The molecule has 0 saturated heterocycles. The predicted octanol–water partition coefficient (Wildman–Crippen LogP) is 0.854. The van der Waals surface area contributed by atoms with Crippen molar-refractivity contribution in [2.45, 2.75) is 0 Å². The molecule has 0 aliphatic heterocycles. The van der Waals surface area contributed by atoms with Crippen LogP contribution in [0, 0.1) is 0 Å². The molecule has 0 saturated carbocycles. The number of nitrogens with one attached hydrogen (secondary N) is 1. The largest absolute Gasteiger partial charge is 0.360 e. The molecule has 0 amide bonds. The molecule has 0 rings (SSSR count). The SMILES string of the molecule is C=CCOCNOCC=C. The summed E-state index contributed by atoms with van der Waals surface area (Å²) in [6.07, 6.45) is 3.33. The molecule has 0 atom stereocenters. The van der Waals surface area contributed by atoms with Crippen LogP contribution in [0.25, 0.3) is 0 Å². The highest BCUT2D eigenvalue weighted by Gasteiger charge is 1.81. The third-order valence-corrected chi connectivity index (χ3v) is 0.700. The minimum absolute atomic E-state index is 0.375. The molecule has 0 unspecified atom stereocenters. The molecule has 0 fully saturated rings. The summed E-state index contributed by atoms with van der Waals surface area (Å²) in [5.74, 6) is 0. The van der Waals surface area contributed by atoms with E-state index in [0.717, 1.165) is 0 Å². The number of rotatable bonds is 7. The van der Waals surface area contributed by atoms with E-state index in [1.165, 1.54) is 0 Å². The molecule has 0 heterocycles. The zero-order valence-corrected chi connectivity index (χ0v) is 6.01. The van der Waals surface area contributed by atoms with Crippen LogP contribution in [0.3, 0.4) is 0 Å². The number of hydrogen-bond donors (Lipinski definition) is 1. The first-order valence-corrected chi connectivity index (χ1v) is 3.06. The van der Waals surface area contributed by atoms with Gasteiger partial charge in [0.2, 0.25) is 0 Å². The standard InChI is InChI=1S/C7H13NO2/c1-3-5-9-7-8-10-6-4-2/h3-4,8H,1-2,5-7H2. The summed E-state index contributed by atoms with van der Waals surface area (Å²) < 4.78 is 4.94. The normalized spacial score (nSPS) is 9.20. The molecule has 58 valence electrons. The Kier molecular flexibility index (Phi) is 7.82. The van der Waals surface area contributed by atoms with Gasteiger partial charge in [0, 0.05) is 0 Å². The third-order valence-electron chi connectivity index (χ3n) is 0.700. The van der Waals surface area contributed by atoms with E-state index in [1.807, 2.05) is 0 Å². The van der Waals surface area contributed by atoms with Crippen molar-refractivity contribution < 1.29 is 9.57 Å². The Bertz CT molecular complexity index is 81.6. The monoisotopic (exact) mass is 143 g/mol. The first kappa shape index (κ1) is 9.36. The van der Waals surface area contributed by atoms with Crippen molar-refractivity contribution in [3.63, 3.8) is 0 Å². The quantitative estimate of drug-likeness (QED) is 0.248. The van der Waals surface area contributed by atoms with Crippen molar-refractivity contribution in [3.8, 4) is 0 Å². The van der Waals surface area contributed by atoms with Crippen LogP contribution in [-0.4, -0.2) is 19.9 Å². The molecule has 3 heteroatoms. The van der Waals surface area contributed by atoms with Crippen LogP contribution in [0.2, 0.25) is 0 Å². The van der Waals surface area contributed by atoms with Crippen LogP contribution in [0.4, 0.5) is 0 Å². The van der Waals surface area contributed by atoms with E-state index < -0.39 is 0 Å². The molecule has 3 nitrogen and oxygen atoms in total. The van der Waals surface area contributed by atoms with Gasteiger partial charge in [0.1, 0.15) is 6.73 Å². The molecule has 0 bridgehead atoms. The minimum atomic E-state index is 0.375. The van der Waals surface area contributed by atoms with Gasteiger partial charge >= 0.3 is 0 Å². The first-order chi connectivity index (χ1) is 4.91. The summed E-state index contributed by atoms with van der Waals surface area (Å²) in [7, 11) is 0. The van der Waals surface area contributed by atoms with Crippen LogP contribution >= 0.6 is 0 Å². The van der Waals surface area contributed by atoms with E-state index in [0.29, 0.717) is 19.9 Å². The van der Waals surface area contributed by atoms with E-state index in [9.17, 15) is 0 Å². The van der Waals surface area contributed by atoms with E-state index >= 15 is 0 Å². The van der Waals surface area contributed by atoms with Crippen LogP contribution < -0.4 is 5.48 Å². The van der Waals surface area contributed by atoms with Crippen molar-refractivity contribution in [3.05, 3.63) is 25.3 Å². The zero-order valence-electron chi connectivity index (χ0n) is 6.01. The fourth-order valence-corrected chi connectivity index (χ4v) is 0.343. The van der Waals surface area contributed by atoms with Crippen molar-refractivity contribution in [2.24, 2.45) is 0 Å². The Balaban J connectivity index is 2.76. The van der Waals surface area contributed by atoms with Gasteiger partial charge in [-0.1, -0.05) is 12.2 Å². The topological polar surface area (TPSA) is 30.5 Å². The summed E-state index contributed by atoms with van der Waals surface area (Å²) in [5.41, 5.74) is 2.58. The van der Waals surface area contributed by atoms with E-state index in [2.05, 4.69) is 18.6 Å². The van der Waals surface area contributed by atoms with Gasteiger partial charge in [0.25, 0.3) is 0 Å². The van der Waals surface area contributed by atoms with Crippen molar-refractivity contribution in [2.75, 3.05) is 19.9 Å².